The summed E-state index contributed by atoms with van der Waals surface area (Å²) in [6, 6.07) is 9.93. The molecule has 1 aliphatic heterocycles. The molecule has 0 aliphatic carbocycles. The fourth-order valence-corrected chi connectivity index (χ4v) is 2.49. The van der Waals surface area contributed by atoms with Crippen molar-refractivity contribution < 1.29 is 9.53 Å². The molecule has 3 nitrogen and oxygen atoms in total. The Labute approximate surface area is 132 Å². The van der Waals surface area contributed by atoms with Crippen LogP contribution in [0.2, 0.25) is 0 Å². The van der Waals surface area contributed by atoms with E-state index in [2.05, 4.69) is 6.58 Å². The minimum Gasteiger partial charge on any atom is -0.454 e. The van der Waals surface area contributed by atoms with Gasteiger partial charge in [0, 0.05) is 6.42 Å². The number of rotatable bonds is 5. The van der Waals surface area contributed by atoms with E-state index in [0.29, 0.717) is 6.42 Å². The van der Waals surface area contributed by atoms with E-state index in [1.807, 2.05) is 63.3 Å². The van der Waals surface area contributed by atoms with E-state index in [4.69, 9.17) is 9.73 Å². The minimum atomic E-state index is -0.879. The molecular weight excluding hydrogens is 274 g/mol. The minimum absolute atomic E-state index is 0.177. The van der Waals surface area contributed by atoms with E-state index in [1.165, 1.54) is 0 Å². The first-order valence-corrected chi connectivity index (χ1v) is 7.62. The molecule has 2 rings (SSSR count). The van der Waals surface area contributed by atoms with Crippen molar-refractivity contribution in [2.75, 3.05) is 0 Å². The lowest BCUT2D eigenvalue weighted by atomic mass is 9.90. The molecule has 3 heteroatoms. The fraction of sp³-hybridized carbons (Fsp3) is 0.368. The zero-order chi connectivity index (χ0) is 16.2. The number of cyclic esters (lactones) is 1. The summed E-state index contributed by atoms with van der Waals surface area (Å²) >= 11 is 0. The van der Waals surface area contributed by atoms with E-state index < -0.39 is 5.54 Å². The quantitative estimate of drug-likeness (QED) is 0.610. The average molecular weight is 297 g/mol. The van der Waals surface area contributed by atoms with Crippen LogP contribution in [0.4, 0.5) is 0 Å². The van der Waals surface area contributed by atoms with Crippen LogP contribution in [-0.4, -0.2) is 23.3 Å². The Morgan fingerprint density at radius 2 is 2.05 bits per heavy atom. The number of nitrogens with zero attached hydrogens (tertiary/aromatic N) is 1. The van der Waals surface area contributed by atoms with Crippen LogP contribution in [0.15, 0.2) is 60.1 Å². The molecule has 0 saturated heterocycles. The van der Waals surface area contributed by atoms with Gasteiger partial charge in [-0.2, -0.15) is 0 Å². The highest BCUT2D eigenvalue weighted by Gasteiger charge is 2.42. The Kier molecular flexibility index (Phi) is 4.96. The zero-order valence-corrected chi connectivity index (χ0v) is 13.5. The Morgan fingerprint density at radius 3 is 2.64 bits per heavy atom. The van der Waals surface area contributed by atoms with Gasteiger partial charge in [0.05, 0.1) is 5.71 Å². The topological polar surface area (TPSA) is 38.7 Å². The van der Waals surface area contributed by atoms with Crippen molar-refractivity contribution in [1.82, 2.24) is 0 Å². The van der Waals surface area contributed by atoms with Crippen LogP contribution in [0.1, 0.15) is 32.8 Å². The highest BCUT2D eigenvalue weighted by Crippen LogP contribution is 2.29. The number of carbonyl (C=O) groups excluding carboxylic acids is 1. The lowest BCUT2D eigenvalue weighted by Crippen LogP contribution is -2.48. The summed E-state index contributed by atoms with van der Waals surface area (Å²) in [4.78, 5) is 17.2. The van der Waals surface area contributed by atoms with Crippen LogP contribution in [0.3, 0.4) is 0 Å². The standard InChI is InChI=1S/C19H23NO2/c1-5-6-10-13-19(4)18(21)22-17(14(2)3)16(20-19)15-11-8-7-9-12-15/h5-12,14,17H,1,13H2,2-4H3/b10-6+/t17-,19+/m1/s1. The first-order chi connectivity index (χ1) is 10.5. The molecule has 1 aromatic carbocycles. The molecule has 0 bridgehead atoms. The van der Waals surface area contributed by atoms with Crippen LogP contribution < -0.4 is 0 Å². The van der Waals surface area contributed by atoms with Gasteiger partial charge >= 0.3 is 5.97 Å². The number of esters is 1. The largest absolute Gasteiger partial charge is 0.454 e. The van der Waals surface area contributed by atoms with Crippen LogP contribution >= 0.6 is 0 Å². The van der Waals surface area contributed by atoms with Crippen LogP contribution in [-0.2, 0) is 9.53 Å². The molecule has 1 heterocycles. The van der Waals surface area contributed by atoms with E-state index in [-0.39, 0.29) is 18.0 Å². The summed E-state index contributed by atoms with van der Waals surface area (Å²) in [6.07, 6.45) is 5.61. The Morgan fingerprint density at radius 1 is 1.36 bits per heavy atom. The molecule has 116 valence electrons. The number of hydrogen-bond donors (Lipinski definition) is 0. The van der Waals surface area contributed by atoms with Crippen LogP contribution in [0, 0.1) is 5.92 Å². The number of benzene rings is 1. The molecule has 1 aromatic rings. The lowest BCUT2D eigenvalue weighted by Gasteiger charge is -2.35. The number of hydrogen-bond acceptors (Lipinski definition) is 3. The number of allylic oxidation sites excluding steroid dienone is 2. The number of ether oxygens (including phenoxy) is 1. The van der Waals surface area contributed by atoms with E-state index in [0.717, 1.165) is 11.3 Å². The normalized spacial score (nSPS) is 25.2. The molecule has 0 fully saturated rings. The number of aliphatic imine (C=N–C) groups is 1. The summed E-state index contributed by atoms with van der Waals surface area (Å²) in [7, 11) is 0. The summed E-state index contributed by atoms with van der Waals surface area (Å²) in [5.41, 5.74) is 0.980. The molecule has 2 atom stereocenters. The summed E-state index contributed by atoms with van der Waals surface area (Å²) in [5.74, 6) is -0.0873. The second-order valence-corrected chi connectivity index (χ2v) is 6.07. The third kappa shape index (κ3) is 3.35. The molecule has 0 aromatic heterocycles. The van der Waals surface area contributed by atoms with Crippen molar-refractivity contribution in [2.45, 2.75) is 38.8 Å². The fourth-order valence-electron chi connectivity index (χ4n) is 2.49. The highest BCUT2D eigenvalue weighted by atomic mass is 16.5. The predicted molar refractivity (Wildman–Crippen MR) is 90.1 cm³/mol. The average Bonchev–Trinajstić information content (AvgIpc) is 2.50. The van der Waals surface area contributed by atoms with E-state index in [9.17, 15) is 4.79 Å². The van der Waals surface area contributed by atoms with Crippen molar-refractivity contribution in [2.24, 2.45) is 10.9 Å². The Balaban J connectivity index is 2.45. The van der Waals surface area contributed by atoms with Gasteiger partial charge in [-0.05, 0) is 18.4 Å². The molecule has 22 heavy (non-hydrogen) atoms. The second-order valence-electron chi connectivity index (χ2n) is 6.07. The maximum Gasteiger partial charge on any atom is 0.334 e. The van der Waals surface area contributed by atoms with Gasteiger partial charge in [0.15, 0.2) is 5.54 Å². The smallest absolute Gasteiger partial charge is 0.334 e. The maximum absolute atomic E-state index is 12.4. The zero-order valence-electron chi connectivity index (χ0n) is 13.5. The van der Waals surface area contributed by atoms with E-state index in [1.54, 1.807) is 6.08 Å². The Bertz CT molecular complexity index is 601. The van der Waals surface area contributed by atoms with Gasteiger partial charge in [0.2, 0.25) is 0 Å². The molecule has 0 unspecified atom stereocenters. The molecular formula is C19H23NO2. The summed E-state index contributed by atoms with van der Waals surface area (Å²) in [5, 5.41) is 0. The predicted octanol–water partition coefficient (Wildman–Crippen LogP) is 3.95. The van der Waals surface area contributed by atoms with Gasteiger partial charge in [0.25, 0.3) is 0 Å². The van der Waals surface area contributed by atoms with Crippen LogP contribution in [0.25, 0.3) is 0 Å². The Hall–Kier alpha value is -2.16. The monoisotopic (exact) mass is 297 g/mol. The molecule has 0 amide bonds. The lowest BCUT2D eigenvalue weighted by molar-refractivity contribution is -0.155. The van der Waals surface area contributed by atoms with Gasteiger partial charge in [-0.3, -0.25) is 4.99 Å². The SMILES string of the molecule is C=C/C=C/C[C@]1(C)N=C(c2ccccc2)[C@@H](C(C)C)OC1=O. The molecule has 0 spiro atoms. The first kappa shape index (κ1) is 16.2. The van der Waals surface area contributed by atoms with Crippen molar-refractivity contribution in [1.29, 1.82) is 0 Å². The van der Waals surface area contributed by atoms with Crippen molar-refractivity contribution in [3.8, 4) is 0 Å². The summed E-state index contributed by atoms with van der Waals surface area (Å²) in [6.45, 7) is 9.54. The van der Waals surface area contributed by atoms with Gasteiger partial charge in [-0.15, -0.1) is 0 Å². The molecule has 0 saturated carbocycles. The van der Waals surface area contributed by atoms with Crippen molar-refractivity contribution in [3.05, 3.63) is 60.7 Å². The van der Waals surface area contributed by atoms with Crippen LogP contribution in [0.5, 0.6) is 0 Å². The number of carbonyl (C=O) groups is 1. The first-order valence-electron chi connectivity index (χ1n) is 7.62. The van der Waals surface area contributed by atoms with Crippen molar-refractivity contribution >= 4 is 11.7 Å². The summed E-state index contributed by atoms with van der Waals surface area (Å²) < 4.78 is 5.73. The van der Waals surface area contributed by atoms with Gasteiger partial charge in [-0.1, -0.05) is 69.0 Å². The molecule has 1 aliphatic rings. The van der Waals surface area contributed by atoms with Gasteiger partial charge in [-0.25, -0.2) is 4.79 Å². The molecule has 0 N–H and O–H groups in total. The third-order valence-corrected chi connectivity index (χ3v) is 3.77. The second kappa shape index (κ2) is 6.73. The molecule has 0 radical (unpaired) electrons. The van der Waals surface area contributed by atoms with Crippen molar-refractivity contribution in [3.63, 3.8) is 0 Å². The third-order valence-electron chi connectivity index (χ3n) is 3.77. The highest BCUT2D eigenvalue weighted by molar-refractivity contribution is 6.08. The van der Waals surface area contributed by atoms with Gasteiger partial charge < -0.3 is 4.74 Å². The maximum atomic E-state index is 12.4. The van der Waals surface area contributed by atoms with E-state index >= 15 is 0 Å². The van der Waals surface area contributed by atoms with Gasteiger partial charge in [0.1, 0.15) is 6.10 Å².